The number of nitrogens with zero attached hydrogens (tertiary/aromatic N) is 2. The van der Waals surface area contributed by atoms with Gasteiger partial charge < -0.3 is 19.7 Å². The molecule has 2 atom stereocenters. The van der Waals surface area contributed by atoms with Crippen molar-refractivity contribution in [2.45, 2.75) is 37.8 Å². The van der Waals surface area contributed by atoms with E-state index in [0.29, 0.717) is 25.7 Å². The van der Waals surface area contributed by atoms with Crippen molar-refractivity contribution in [3.63, 3.8) is 0 Å². The average Bonchev–Trinajstić information content (AvgIpc) is 3.33. The third kappa shape index (κ3) is 4.30. The molecule has 6 heteroatoms. The normalized spacial score (nSPS) is 26.2. The number of likely N-dealkylation sites (tertiary alicyclic amines) is 2. The van der Waals surface area contributed by atoms with Gasteiger partial charge in [-0.3, -0.25) is 9.69 Å². The van der Waals surface area contributed by atoms with Crippen molar-refractivity contribution in [1.82, 2.24) is 15.1 Å². The van der Waals surface area contributed by atoms with Gasteiger partial charge in [-0.1, -0.05) is 12.1 Å². The van der Waals surface area contributed by atoms with Crippen LogP contribution in [0.5, 0.6) is 11.5 Å². The number of hydrogen-bond acceptors (Lipinski definition) is 5. The first-order valence-electron chi connectivity index (χ1n) is 9.89. The lowest BCUT2D eigenvalue weighted by atomic mass is 10.2. The first kappa shape index (κ1) is 17.6. The van der Waals surface area contributed by atoms with Crippen LogP contribution < -0.4 is 14.8 Å². The van der Waals surface area contributed by atoms with Crippen LogP contribution in [0, 0.1) is 0 Å². The standard InChI is InChI=1S/C20H29N3O3/c24-20(14-23-11-5-6-16(23)13-22-9-3-4-10-22)21-12-17-15-25-18-7-1-2-8-19(18)26-17/h1-2,7-8,16-17H,3-6,9-15H2,(H,21,24). The molecule has 0 radical (unpaired) electrons. The highest BCUT2D eigenvalue weighted by molar-refractivity contribution is 5.78. The summed E-state index contributed by atoms with van der Waals surface area (Å²) in [5.41, 5.74) is 0. The Labute approximate surface area is 155 Å². The molecule has 3 aliphatic heterocycles. The highest BCUT2D eigenvalue weighted by Crippen LogP contribution is 2.30. The molecule has 4 rings (SSSR count). The van der Waals surface area contributed by atoms with Gasteiger partial charge in [0.15, 0.2) is 11.5 Å². The summed E-state index contributed by atoms with van der Waals surface area (Å²) in [4.78, 5) is 17.3. The Morgan fingerprint density at radius 3 is 2.77 bits per heavy atom. The minimum atomic E-state index is -0.132. The molecule has 1 aromatic carbocycles. The number of para-hydroxylation sites is 2. The Balaban J connectivity index is 1.21. The van der Waals surface area contributed by atoms with E-state index in [1.807, 2.05) is 24.3 Å². The predicted molar refractivity (Wildman–Crippen MR) is 99.6 cm³/mol. The fraction of sp³-hybridized carbons (Fsp3) is 0.650. The highest BCUT2D eigenvalue weighted by Gasteiger charge is 2.29. The Morgan fingerprint density at radius 1 is 1.12 bits per heavy atom. The van der Waals surface area contributed by atoms with Gasteiger partial charge in [-0.25, -0.2) is 0 Å². The van der Waals surface area contributed by atoms with Crippen molar-refractivity contribution >= 4 is 5.91 Å². The van der Waals surface area contributed by atoms with Crippen LogP contribution in [-0.2, 0) is 4.79 Å². The molecule has 2 unspecified atom stereocenters. The Kier molecular flexibility index (Phi) is 5.60. The van der Waals surface area contributed by atoms with E-state index >= 15 is 0 Å². The second-order valence-corrected chi connectivity index (χ2v) is 7.58. The molecule has 26 heavy (non-hydrogen) atoms. The van der Waals surface area contributed by atoms with Crippen molar-refractivity contribution in [3.8, 4) is 11.5 Å². The van der Waals surface area contributed by atoms with Crippen LogP contribution in [0.4, 0.5) is 0 Å². The summed E-state index contributed by atoms with van der Waals surface area (Å²) in [7, 11) is 0. The second kappa shape index (κ2) is 8.27. The van der Waals surface area contributed by atoms with Crippen molar-refractivity contribution in [3.05, 3.63) is 24.3 Å². The number of carbonyl (C=O) groups is 1. The number of nitrogens with one attached hydrogen (secondary N) is 1. The van der Waals surface area contributed by atoms with E-state index in [1.54, 1.807) is 0 Å². The maximum absolute atomic E-state index is 12.4. The molecule has 0 aliphatic carbocycles. The van der Waals surface area contributed by atoms with Crippen LogP contribution in [-0.4, -0.2) is 73.7 Å². The van der Waals surface area contributed by atoms with Crippen LogP contribution >= 0.6 is 0 Å². The van der Waals surface area contributed by atoms with E-state index in [4.69, 9.17) is 9.47 Å². The van der Waals surface area contributed by atoms with Crippen molar-refractivity contribution in [2.75, 3.05) is 45.9 Å². The lowest BCUT2D eigenvalue weighted by Crippen LogP contribution is -2.47. The van der Waals surface area contributed by atoms with E-state index in [-0.39, 0.29) is 12.0 Å². The molecule has 1 aromatic rings. The number of rotatable bonds is 6. The molecule has 3 aliphatic rings. The van der Waals surface area contributed by atoms with E-state index < -0.39 is 0 Å². The fourth-order valence-electron chi connectivity index (χ4n) is 4.21. The minimum absolute atomic E-state index is 0.0841. The zero-order chi connectivity index (χ0) is 17.8. The summed E-state index contributed by atoms with van der Waals surface area (Å²) in [6.07, 6.45) is 4.91. The summed E-state index contributed by atoms with van der Waals surface area (Å²) in [6, 6.07) is 8.18. The number of ether oxygens (including phenoxy) is 2. The predicted octanol–water partition coefficient (Wildman–Crippen LogP) is 1.50. The number of amides is 1. The molecule has 2 saturated heterocycles. The molecule has 1 amide bonds. The lowest BCUT2D eigenvalue weighted by molar-refractivity contribution is -0.123. The van der Waals surface area contributed by atoms with Crippen LogP contribution in [0.25, 0.3) is 0 Å². The van der Waals surface area contributed by atoms with E-state index in [2.05, 4.69) is 15.1 Å². The molecule has 0 saturated carbocycles. The quantitative estimate of drug-likeness (QED) is 0.834. The zero-order valence-electron chi connectivity index (χ0n) is 15.4. The van der Waals surface area contributed by atoms with Crippen LogP contribution in [0.3, 0.4) is 0 Å². The summed E-state index contributed by atoms with van der Waals surface area (Å²) >= 11 is 0. The summed E-state index contributed by atoms with van der Waals surface area (Å²) in [6.45, 7) is 6.03. The van der Waals surface area contributed by atoms with E-state index in [1.165, 1.54) is 38.8 Å². The summed E-state index contributed by atoms with van der Waals surface area (Å²) in [5.74, 6) is 1.61. The average molecular weight is 359 g/mol. The molecular weight excluding hydrogens is 330 g/mol. The first-order valence-corrected chi connectivity index (χ1v) is 9.89. The maximum Gasteiger partial charge on any atom is 0.234 e. The molecular formula is C20H29N3O3. The third-order valence-electron chi connectivity index (χ3n) is 5.61. The topological polar surface area (TPSA) is 54.0 Å². The summed E-state index contributed by atoms with van der Waals surface area (Å²) < 4.78 is 11.6. The van der Waals surface area contributed by atoms with Gasteiger partial charge in [0.25, 0.3) is 0 Å². The Hall–Kier alpha value is -1.79. The zero-order valence-corrected chi connectivity index (χ0v) is 15.4. The van der Waals surface area contributed by atoms with Gasteiger partial charge in [0.2, 0.25) is 5.91 Å². The van der Waals surface area contributed by atoms with Gasteiger partial charge in [-0.05, 0) is 57.5 Å². The summed E-state index contributed by atoms with van der Waals surface area (Å²) in [5, 5.41) is 3.03. The lowest BCUT2D eigenvalue weighted by Gasteiger charge is -2.29. The van der Waals surface area contributed by atoms with Crippen LogP contribution in [0.1, 0.15) is 25.7 Å². The Bertz CT molecular complexity index is 618. The molecule has 142 valence electrons. The number of fused-ring (bicyclic) bond motifs is 1. The van der Waals surface area contributed by atoms with Crippen molar-refractivity contribution in [1.29, 1.82) is 0 Å². The van der Waals surface area contributed by atoms with Gasteiger partial charge in [-0.15, -0.1) is 0 Å². The molecule has 1 N–H and O–H groups in total. The SMILES string of the molecule is O=C(CN1CCCC1CN1CCCC1)NCC1COc2ccccc2O1. The highest BCUT2D eigenvalue weighted by atomic mass is 16.6. The molecule has 0 bridgehead atoms. The van der Waals surface area contributed by atoms with Crippen molar-refractivity contribution < 1.29 is 14.3 Å². The largest absolute Gasteiger partial charge is 0.486 e. The number of carbonyl (C=O) groups excluding carboxylic acids is 1. The van der Waals surface area contributed by atoms with Crippen molar-refractivity contribution in [2.24, 2.45) is 0 Å². The van der Waals surface area contributed by atoms with E-state index in [9.17, 15) is 4.79 Å². The van der Waals surface area contributed by atoms with Crippen LogP contribution in [0.2, 0.25) is 0 Å². The van der Waals surface area contributed by atoms with Gasteiger partial charge in [-0.2, -0.15) is 0 Å². The smallest absolute Gasteiger partial charge is 0.234 e. The Morgan fingerprint density at radius 2 is 1.92 bits per heavy atom. The van der Waals surface area contributed by atoms with Crippen LogP contribution in [0.15, 0.2) is 24.3 Å². The maximum atomic E-state index is 12.4. The van der Waals surface area contributed by atoms with Gasteiger partial charge >= 0.3 is 0 Å². The fourth-order valence-corrected chi connectivity index (χ4v) is 4.21. The monoisotopic (exact) mass is 359 g/mol. The third-order valence-corrected chi connectivity index (χ3v) is 5.61. The minimum Gasteiger partial charge on any atom is -0.486 e. The molecule has 6 nitrogen and oxygen atoms in total. The molecule has 0 spiro atoms. The van der Waals surface area contributed by atoms with Gasteiger partial charge in [0, 0.05) is 12.6 Å². The van der Waals surface area contributed by atoms with E-state index in [0.717, 1.165) is 24.6 Å². The molecule has 2 fully saturated rings. The number of benzene rings is 1. The van der Waals surface area contributed by atoms with Gasteiger partial charge in [0.05, 0.1) is 13.1 Å². The number of hydrogen-bond donors (Lipinski definition) is 1. The van der Waals surface area contributed by atoms with Gasteiger partial charge in [0.1, 0.15) is 12.7 Å². The first-order chi connectivity index (χ1) is 12.8. The molecule has 3 heterocycles. The second-order valence-electron chi connectivity index (χ2n) is 7.58. The molecule has 0 aromatic heterocycles.